The van der Waals surface area contributed by atoms with Crippen LogP contribution in [0.1, 0.15) is 33.3 Å². The van der Waals surface area contributed by atoms with Gasteiger partial charge in [0.25, 0.3) is 0 Å². The average molecular weight is 364 g/mol. The van der Waals surface area contributed by atoms with Gasteiger partial charge in [-0.2, -0.15) is 11.8 Å². The number of hydrogen-bond acceptors (Lipinski definition) is 2. The van der Waals surface area contributed by atoms with Gasteiger partial charge in [-0.3, -0.25) is 0 Å². The van der Waals surface area contributed by atoms with Gasteiger partial charge in [0.05, 0.1) is 10.2 Å². The minimum absolute atomic E-state index is 0.205. The summed E-state index contributed by atoms with van der Waals surface area (Å²) in [6.45, 7) is 9.67. The van der Waals surface area contributed by atoms with Crippen molar-refractivity contribution in [3.63, 3.8) is 0 Å². The lowest BCUT2D eigenvalue weighted by Crippen LogP contribution is -2.11. The highest BCUT2D eigenvalue weighted by atomic mass is 127. The molecule has 0 aliphatic heterocycles. The third-order valence-corrected chi connectivity index (χ3v) is 4.19. The van der Waals surface area contributed by atoms with Crippen LogP contribution in [0, 0.1) is 3.57 Å². The second-order valence-corrected chi connectivity index (χ2v) is 7.50. The first-order chi connectivity index (χ1) is 7.95. The number of halogens is 1. The maximum absolute atomic E-state index is 5.78. The van der Waals surface area contributed by atoms with Crippen molar-refractivity contribution in [2.24, 2.45) is 0 Å². The maximum Gasteiger partial charge on any atom is 0.132 e. The fraction of sp³-hybridized carbons (Fsp3) is 0.571. The molecule has 1 aromatic carbocycles. The molecule has 0 spiro atoms. The molecule has 1 aromatic rings. The fourth-order valence-electron chi connectivity index (χ4n) is 1.44. The quantitative estimate of drug-likeness (QED) is 0.552. The van der Waals surface area contributed by atoms with Crippen LogP contribution in [0.15, 0.2) is 18.2 Å². The first-order valence-electron chi connectivity index (χ1n) is 5.95. The van der Waals surface area contributed by atoms with Gasteiger partial charge in [-0.05, 0) is 51.5 Å². The second-order valence-electron chi connectivity index (χ2n) is 4.94. The number of benzene rings is 1. The molecular formula is C14H21IOS. The first kappa shape index (κ1) is 15.2. The van der Waals surface area contributed by atoms with E-state index in [4.69, 9.17) is 4.74 Å². The molecule has 0 saturated heterocycles. The Labute approximate surface area is 123 Å². The lowest BCUT2D eigenvalue weighted by atomic mass is 9.87. The molecule has 1 nitrogen and oxygen atoms in total. The van der Waals surface area contributed by atoms with Crippen molar-refractivity contribution in [2.45, 2.75) is 33.1 Å². The molecule has 3 heteroatoms. The fourth-order valence-corrected chi connectivity index (χ4v) is 2.60. The third kappa shape index (κ3) is 5.08. The third-order valence-electron chi connectivity index (χ3n) is 2.49. The number of hydrogen-bond donors (Lipinski definition) is 0. The highest BCUT2D eigenvalue weighted by molar-refractivity contribution is 14.1. The molecule has 1 rings (SSSR count). The molecular weight excluding hydrogens is 343 g/mol. The van der Waals surface area contributed by atoms with Crippen molar-refractivity contribution in [1.82, 2.24) is 0 Å². The standard InChI is InChI=1S/C14H21IOS/c1-5-17-9-8-16-13-7-6-11(10-12(13)15)14(2,3)4/h6-7,10H,5,8-9H2,1-4H3. The molecule has 0 N–H and O–H groups in total. The Kier molecular flexibility index (Phi) is 6.13. The van der Waals surface area contributed by atoms with Crippen molar-refractivity contribution in [3.8, 4) is 5.75 Å². The summed E-state index contributed by atoms with van der Waals surface area (Å²) in [4.78, 5) is 0. The van der Waals surface area contributed by atoms with Crippen LogP contribution in [0.2, 0.25) is 0 Å². The summed E-state index contributed by atoms with van der Waals surface area (Å²) in [6, 6.07) is 6.49. The predicted molar refractivity (Wildman–Crippen MR) is 86.4 cm³/mol. The van der Waals surface area contributed by atoms with Crippen molar-refractivity contribution < 1.29 is 4.74 Å². The molecule has 0 aliphatic carbocycles. The molecule has 0 radical (unpaired) electrons. The van der Waals surface area contributed by atoms with E-state index in [1.807, 2.05) is 11.8 Å². The van der Waals surface area contributed by atoms with E-state index >= 15 is 0 Å². The molecule has 0 aromatic heterocycles. The van der Waals surface area contributed by atoms with Crippen LogP contribution >= 0.6 is 34.4 Å². The Morgan fingerprint density at radius 3 is 2.53 bits per heavy atom. The van der Waals surface area contributed by atoms with Gasteiger partial charge >= 0.3 is 0 Å². The Balaban J connectivity index is 2.64. The van der Waals surface area contributed by atoms with E-state index in [1.165, 1.54) is 9.13 Å². The maximum atomic E-state index is 5.78. The van der Waals surface area contributed by atoms with Crippen LogP contribution in [0.4, 0.5) is 0 Å². The number of ether oxygens (including phenoxy) is 1. The molecule has 0 heterocycles. The van der Waals surface area contributed by atoms with Crippen LogP contribution in [0.5, 0.6) is 5.75 Å². The van der Waals surface area contributed by atoms with Crippen molar-refractivity contribution in [1.29, 1.82) is 0 Å². The SMILES string of the molecule is CCSCCOc1ccc(C(C)(C)C)cc1I. The van der Waals surface area contributed by atoms with E-state index in [-0.39, 0.29) is 5.41 Å². The van der Waals surface area contributed by atoms with Crippen molar-refractivity contribution >= 4 is 34.4 Å². The molecule has 0 amide bonds. The zero-order valence-corrected chi connectivity index (χ0v) is 14.0. The van der Waals surface area contributed by atoms with E-state index < -0.39 is 0 Å². The number of rotatable bonds is 5. The zero-order valence-electron chi connectivity index (χ0n) is 11.0. The Hall–Kier alpha value is 0.100. The minimum Gasteiger partial charge on any atom is -0.492 e. The molecule has 0 bridgehead atoms. The Bertz CT molecular complexity index is 358. The van der Waals surface area contributed by atoms with Gasteiger partial charge in [0.1, 0.15) is 5.75 Å². The molecule has 0 unspecified atom stereocenters. The summed E-state index contributed by atoms with van der Waals surface area (Å²) in [5.74, 6) is 3.23. The molecule has 0 aliphatic rings. The van der Waals surface area contributed by atoms with E-state index in [2.05, 4.69) is 68.5 Å². The smallest absolute Gasteiger partial charge is 0.132 e. The minimum atomic E-state index is 0.205. The summed E-state index contributed by atoms with van der Waals surface area (Å²) in [7, 11) is 0. The van der Waals surface area contributed by atoms with Crippen molar-refractivity contribution in [2.75, 3.05) is 18.1 Å². The van der Waals surface area contributed by atoms with E-state index in [0.717, 1.165) is 23.9 Å². The topological polar surface area (TPSA) is 9.23 Å². The predicted octanol–water partition coefficient (Wildman–Crippen LogP) is 4.72. The summed E-state index contributed by atoms with van der Waals surface area (Å²) in [5.41, 5.74) is 1.56. The van der Waals surface area contributed by atoms with Crippen molar-refractivity contribution in [3.05, 3.63) is 27.3 Å². The van der Waals surface area contributed by atoms with Crippen LogP contribution in [0.3, 0.4) is 0 Å². The molecule has 0 fully saturated rings. The van der Waals surface area contributed by atoms with E-state index in [0.29, 0.717) is 0 Å². The highest BCUT2D eigenvalue weighted by Gasteiger charge is 2.15. The van der Waals surface area contributed by atoms with Crippen LogP contribution in [0.25, 0.3) is 0 Å². The molecule has 0 saturated carbocycles. The monoisotopic (exact) mass is 364 g/mol. The summed E-state index contributed by atoms with van der Waals surface area (Å²) >= 11 is 4.27. The van der Waals surface area contributed by atoms with E-state index in [1.54, 1.807) is 0 Å². The van der Waals surface area contributed by atoms with Gasteiger partial charge in [0, 0.05) is 5.75 Å². The van der Waals surface area contributed by atoms with E-state index in [9.17, 15) is 0 Å². The normalized spacial score (nSPS) is 11.6. The van der Waals surface area contributed by atoms with Crippen LogP contribution in [-0.4, -0.2) is 18.1 Å². The molecule has 96 valence electrons. The van der Waals surface area contributed by atoms with Gasteiger partial charge in [-0.1, -0.05) is 33.8 Å². The largest absolute Gasteiger partial charge is 0.492 e. The van der Waals surface area contributed by atoms with Gasteiger partial charge in [-0.15, -0.1) is 0 Å². The summed E-state index contributed by atoms with van der Waals surface area (Å²) in [6.07, 6.45) is 0. The lowest BCUT2D eigenvalue weighted by Gasteiger charge is -2.20. The Morgan fingerprint density at radius 1 is 1.29 bits per heavy atom. The van der Waals surface area contributed by atoms with Crippen LogP contribution in [-0.2, 0) is 5.41 Å². The second kappa shape index (κ2) is 6.88. The lowest BCUT2D eigenvalue weighted by molar-refractivity contribution is 0.341. The van der Waals surface area contributed by atoms with Crippen LogP contribution < -0.4 is 4.74 Å². The molecule has 0 atom stereocenters. The summed E-state index contributed by atoms with van der Waals surface area (Å²) in [5, 5.41) is 0. The molecule has 17 heavy (non-hydrogen) atoms. The van der Waals surface area contributed by atoms with Gasteiger partial charge in [-0.25, -0.2) is 0 Å². The number of thioether (sulfide) groups is 1. The zero-order chi connectivity index (χ0) is 12.9. The Morgan fingerprint density at radius 2 is 2.00 bits per heavy atom. The summed E-state index contributed by atoms with van der Waals surface area (Å²) < 4.78 is 6.98. The highest BCUT2D eigenvalue weighted by Crippen LogP contribution is 2.28. The van der Waals surface area contributed by atoms with Gasteiger partial charge < -0.3 is 4.74 Å². The average Bonchev–Trinajstić information content (AvgIpc) is 2.24. The van der Waals surface area contributed by atoms with Gasteiger partial charge in [0.15, 0.2) is 0 Å². The van der Waals surface area contributed by atoms with Gasteiger partial charge in [0.2, 0.25) is 0 Å². The first-order valence-corrected chi connectivity index (χ1v) is 8.19.